The number of nitrogens with zero attached hydrogens (tertiary/aromatic N) is 1. The van der Waals surface area contributed by atoms with E-state index in [1.165, 1.54) is 25.1 Å². The Hall–Kier alpha value is -1.63. The molecule has 18 heavy (non-hydrogen) atoms. The van der Waals surface area contributed by atoms with Crippen LogP contribution in [0.1, 0.15) is 18.5 Å². The molecule has 0 aromatic heterocycles. The van der Waals surface area contributed by atoms with Crippen molar-refractivity contribution >= 4 is 21.4 Å². The van der Waals surface area contributed by atoms with Gasteiger partial charge in [-0.25, -0.2) is 12.8 Å². The van der Waals surface area contributed by atoms with Crippen LogP contribution in [0.5, 0.6) is 0 Å². The van der Waals surface area contributed by atoms with Crippen LogP contribution in [0.3, 0.4) is 0 Å². The molecule has 5 nitrogen and oxygen atoms in total. The van der Waals surface area contributed by atoms with E-state index in [0.717, 1.165) is 6.26 Å². The van der Waals surface area contributed by atoms with E-state index in [1.54, 1.807) is 0 Å². The summed E-state index contributed by atoms with van der Waals surface area (Å²) in [5.41, 5.74) is 11.5. The Morgan fingerprint density at radius 1 is 1.50 bits per heavy atom. The van der Waals surface area contributed by atoms with Gasteiger partial charge in [0.25, 0.3) is 0 Å². The topological polar surface area (TPSA) is 98.5 Å². The van der Waals surface area contributed by atoms with Crippen molar-refractivity contribution in [2.75, 3.05) is 17.7 Å². The largest absolute Gasteiger partial charge is 0.399 e. The third-order valence-corrected chi connectivity index (χ3v) is 3.12. The van der Waals surface area contributed by atoms with E-state index >= 15 is 0 Å². The Balaban J connectivity index is 3.25. The number of aliphatic imine (C=N–C) groups is 1. The van der Waals surface area contributed by atoms with Crippen molar-refractivity contribution in [3.8, 4) is 0 Å². The van der Waals surface area contributed by atoms with Crippen LogP contribution in [0.2, 0.25) is 0 Å². The summed E-state index contributed by atoms with van der Waals surface area (Å²) in [6.07, 6.45) is 1.06. The van der Waals surface area contributed by atoms with Crippen LogP contribution in [0.25, 0.3) is 0 Å². The first-order valence-corrected chi connectivity index (χ1v) is 7.27. The molecule has 0 spiro atoms. The zero-order chi connectivity index (χ0) is 13.9. The maximum atomic E-state index is 13.7. The van der Waals surface area contributed by atoms with Gasteiger partial charge < -0.3 is 11.5 Å². The molecule has 0 bridgehead atoms. The van der Waals surface area contributed by atoms with Gasteiger partial charge in [-0.3, -0.25) is 4.99 Å². The molecular formula is C11H16FN3O2S. The maximum absolute atomic E-state index is 13.7. The molecule has 0 aliphatic carbocycles. The number of benzene rings is 1. The lowest BCUT2D eigenvalue weighted by atomic mass is 10.1. The Morgan fingerprint density at radius 2 is 2.11 bits per heavy atom. The number of nitrogens with two attached hydrogens (primary N) is 2. The fourth-order valence-corrected chi connectivity index (χ4v) is 2.37. The molecule has 1 aromatic rings. The normalized spacial score (nSPS) is 14.5. The average molecular weight is 273 g/mol. The first-order chi connectivity index (χ1) is 8.19. The summed E-state index contributed by atoms with van der Waals surface area (Å²) in [6.45, 7) is 1.51. The number of rotatable bonds is 4. The Kier molecular flexibility index (Phi) is 4.28. The van der Waals surface area contributed by atoms with Crippen molar-refractivity contribution in [3.05, 3.63) is 29.6 Å². The highest BCUT2D eigenvalue weighted by molar-refractivity contribution is 7.90. The van der Waals surface area contributed by atoms with Crippen molar-refractivity contribution in [1.82, 2.24) is 0 Å². The van der Waals surface area contributed by atoms with Crippen LogP contribution >= 0.6 is 0 Å². The van der Waals surface area contributed by atoms with E-state index in [1.807, 2.05) is 0 Å². The van der Waals surface area contributed by atoms with E-state index in [4.69, 9.17) is 11.5 Å². The molecule has 7 heteroatoms. The minimum atomic E-state index is -3.32. The molecule has 0 radical (unpaired) electrons. The summed E-state index contributed by atoms with van der Waals surface area (Å²) in [5, 5.41) is 0. The second-order valence-electron chi connectivity index (χ2n) is 4.16. The van der Waals surface area contributed by atoms with Gasteiger partial charge in [-0.2, -0.15) is 0 Å². The Labute approximate surface area is 106 Å². The highest BCUT2D eigenvalue weighted by atomic mass is 32.2. The first kappa shape index (κ1) is 14.4. The third kappa shape index (κ3) is 4.33. The van der Waals surface area contributed by atoms with Gasteiger partial charge in [0.15, 0.2) is 0 Å². The molecular weight excluding hydrogens is 257 g/mol. The number of sulfone groups is 1. The molecule has 0 fully saturated rings. The number of anilines is 1. The minimum Gasteiger partial charge on any atom is -0.399 e. The lowest BCUT2D eigenvalue weighted by Gasteiger charge is -2.14. The van der Waals surface area contributed by atoms with Crippen molar-refractivity contribution < 1.29 is 12.8 Å². The molecule has 1 atom stereocenters. The van der Waals surface area contributed by atoms with Crippen LogP contribution in [0, 0.1) is 5.82 Å². The predicted molar refractivity (Wildman–Crippen MR) is 70.6 cm³/mol. The molecule has 0 aliphatic heterocycles. The molecule has 0 amide bonds. The van der Waals surface area contributed by atoms with E-state index in [0.29, 0.717) is 5.69 Å². The third-order valence-electron chi connectivity index (χ3n) is 2.20. The predicted octanol–water partition coefficient (Wildman–Crippen LogP) is 0.871. The summed E-state index contributed by atoms with van der Waals surface area (Å²) < 4.78 is 36.3. The van der Waals surface area contributed by atoms with Crippen LogP contribution in [-0.4, -0.2) is 26.3 Å². The van der Waals surface area contributed by atoms with Crippen molar-refractivity contribution in [3.63, 3.8) is 0 Å². The summed E-state index contributed by atoms with van der Waals surface area (Å²) >= 11 is 0. The number of nitrogen functional groups attached to an aromatic ring is 1. The summed E-state index contributed by atoms with van der Waals surface area (Å²) in [7, 11) is -3.32. The van der Waals surface area contributed by atoms with Crippen LogP contribution in [0.15, 0.2) is 23.2 Å². The molecule has 0 aliphatic rings. The monoisotopic (exact) mass is 273 g/mol. The van der Waals surface area contributed by atoms with Crippen LogP contribution in [0.4, 0.5) is 10.1 Å². The zero-order valence-electron chi connectivity index (χ0n) is 10.2. The van der Waals surface area contributed by atoms with E-state index in [-0.39, 0.29) is 17.2 Å². The Bertz CT molecular complexity index is 566. The van der Waals surface area contributed by atoms with Crippen LogP contribution in [-0.2, 0) is 9.84 Å². The van der Waals surface area contributed by atoms with Gasteiger partial charge in [0.05, 0.1) is 17.6 Å². The SMILES string of the molecule is CC(N)=NC(CS(C)(=O)=O)c1cc(N)ccc1F. The minimum absolute atomic E-state index is 0.130. The van der Waals surface area contributed by atoms with Gasteiger partial charge in [-0.05, 0) is 25.1 Å². The number of hydrogen-bond donors (Lipinski definition) is 2. The second kappa shape index (κ2) is 5.34. The smallest absolute Gasteiger partial charge is 0.149 e. The quantitative estimate of drug-likeness (QED) is 0.483. The van der Waals surface area contributed by atoms with Gasteiger partial charge in [-0.15, -0.1) is 0 Å². The lowest BCUT2D eigenvalue weighted by molar-refractivity contribution is 0.579. The van der Waals surface area contributed by atoms with Gasteiger partial charge >= 0.3 is 0 Å². The zero-order valence-corrected chi connectivity index (χ0v) is 11.0. The second-order valence-corrected chi connectivity index (χ2v) is 6.34. The van der Waals surface area contributed by atoms with Crippen LogP contribution < -0.4 is 11.5 Å². The molecule has 4 N–H and O–H groups in total. The van der Waals surface area contributed by atoms with E-state index in [2.05, 4.69) is 4.99 Å². The van der Waals surface area contributed by atoms with Gasteiger partial charge in [-0.1, -0.05) is 0 Å². The van der Waals surface area contributed by atoms with Crippen molar-refractivity contribution in [1.29, 1.82) is 0 Å². The summed E-state index contributed by atoms with van der Waals surface area (Å²) in [5.74, 6) is -0.685. The van der Waals surface area contributed by atoms with Crippen molar-refractivity contribution in [2.24, 2.45) is 10.7 Å². The fraction of sp³-hybridized carbons (Fsp3) is 0.364. The van der Waals surface area contributed by atoms with E-state index in [9.17, 15) is 12.8 Å². The molecule has 1 unspecified atom stereocenters. The number of hydrogen-bond acceptors (Lipinski definition) is 4. The average Bonchev–Trinajstić information content (AvgIpc) is 2.18. The van der Waals surface area contributed by atoms with Crippen molar-refractivity contribution in [2.45, 2.75) is 13.0 Å². The molecule has 1 aromatic carbocycles. The summed E-state index contributed by atoms with van der Waals surface area (Å²) in [6, 6.07) is 3.07. The fourth-order valence-electron chi connectivity index (χ4n) is 1.55. The molecule has 0 saturated carbocycles. The number of amidine groups is 1. The van der Waals surface area contributed by atoms with Gasteiger partial charge in [0, 0.05) is 17.5 Å². The molecule has 0 saturated heterocycles. The lowest BCUT2D eigenvalue weighted by Crippen LogP contribution is -2.17. The summed E-state index contributed by atoms with van der Waals surface area (Å²) in [4.78, 5) is 3.95. The van der Waals surface area contributed by atoms with E-state index < -0.39 is 21.7 Å². The standard InChI is InChI=1S/C11H16FN3O2S/c1-7(13)15-11(6-18(2,16)17)9-5-8(14)3-4-10(9)12/h3-5,11H,6,14H2,1-2H3,(H2,13,15). The highest BCUT2D eigenvalue weighted by Gasteiger charge is 2.20. The Morgan fingerprint density at radius 3 is 2.61 bits per heavy atom. The molecule has 100 valence electrons. The maximum Gasteiger partial charge on any atom is 0.149 e. The first-order valence-electron chi connectivity index (χ1n) is 5.21. The van der Waals surface area contributed by atoms with Gasteiger partial charge in [0.1, 0.15) is 15.7 Å². The molecule has 1 rings (SSSR count). The molecule has 0 heterocycles. The highest BCUT2D eigenvalue weighted by Crippen LogP contribution is 2.24. The number of halogens is 1. The van der Waals surface area contributed by atoms with Gasteiger partial charge in [0.2, 0.25) is 0 Å².